The molecule has 0 saturated carbocycles. The van der Waals surface area contributed by atoms with Gasteiger partial charge in [0.05, 0.1) is 13.2 Å². The molecule has 6 heteroatoms. The Morgan fingerprint density at radius 1 is 1.30 bits per heavy atom. The molecule has 2 N–H and O–H groups in total. The van der Waals surface area contributed by atoms with Crippen molar-refractivity contribution in [3.05, 3.63) is 0 Å². The molecular weight excluding hydrogens is 262 g/mol. The third kappa shape index (κ3) is 6.86. The van der Waals surface area contributed by atoms with Gasteiger partial charge in [-0.05, 0) is 26.7 Å². The number of rotatable bonds is 8. The molecule has 0 spiro atoms. The van der Waals surface area contributed by atoms with E-state index in [4.69, 9.17) is 9.84 Å². The SMILES string of the molecule is CC[C@H](C)[C@@H](C(=O)O)N(CCO)CC(=O)OC(C)(C)C. The van der Waals surface area contributed by atoms with E-state index in [1.54, 1.807) is 20.8 Å². The highest BCUT2D eigenvalue weighted by Gasteiger charge is 2.32. The normalized spacial score (nSPS) is 14.9. The van der Waals surface area contributed by atoms with Gasteiger partial charge < -0.3 is 14.9 Å². The molecule has 0 aliphatic rings. The summed E-state index contributed by atoms with van der Waals surface area (Å²) in [7, 11) is 0. The topological polar surface area (TPSA) is 87.1 Å². The van der Waals surface area contributed by atoms with Crippen LogP contribution in [-0.4, -0.2) is 58.4 Å². The largest absolute Gasteiger partial charge is 0.480 e. The van der Waals surface area contributed by atoms with Crippen LogP contribution in [0.4, 0.5) is 0 Å². The molecule has 0 saturated heterocycles. The maximum Gasteiger partial charge on any atom is 0.321 e. The highest BCUT2D eigenvalue weighted by atomic mass is 16.6. The van der Waals surface area contributed by atoms with Crippen LogP contribution in [0.3, 0.4) is 0 Å². The van der Waals surface area contributed by atoms with Crippen LogP contribution in [0.1, 0.15) is 41.0 Å². The average Bonchev–Trinajstić information content (AvgIpc) is 2.25. The predicted octanol–water partition coefficient (Wildman–Crippen LogP) is 1.12. The van der Waals surface area contributed by atoms with Gasteiger partial charge >= 0.3 is 11.9 Å². The zero-order valence-corrected chi connectivity index (χ0v) is 13.0. The maximum atomic E-state index is 11.8. The molecule has 0 aliphatic heterocycles. The number of nitrogens with zero attached hydrogens (tertiary/aromatic N) is 1. The van der Waals surface area contributed by atoms with E-state index in [0.717, 1.165) is 0 Å². The summed E-state index contributed by atoms with van der Waals surface area (Å²) in [5, 5.41) is 18.4. The van der Waals surface area contributed by atoms with Gasteiger partial charge in [0.1, 0.15) is 11.6 Å². The van der Waals surface area contributed by atoms with Crippen molar-refractivity contribution in [2.45, 2.75) is 52.7 Å². The minimum absolute atomic E-state index is 0.124. The first-order chi connectivity index (χ1) is 9.12. The summed E-state index contributed by atoms with van der Waals surface area (Å²) >= 11 is 0. The fourth-order valence-electron chi connectivity index (χ4n) is 1.97. The molecule has 118 valence electrons. The second kappa shape index (κ2) is 8.21. The van der Waals surface area contributed by atoms with Crippen LogP contribution in [0.5, 0.6) is 0 Å². The van der Waals surface area contributed by atoms with E-state index < -0.39 is 23.6 Å². The summed E-state index contributed by atoms with van der Waals surface area (Å²) < 4.78 is 5.20. The Morgan fingerprint density at radius 3 is 2.20 bits per heavy atom. The third-order valence-electron chi connectivity index (χ3n) is 2.97. The number of carbonyl (C=O) groups excluding carboxylic acids is 1. The van der Waals surface area contributed by atoms with Gasteiger partial charge in [0.2, 0.25) is 0 Å². The van der Waals surface area contributed by atoms with Crippen LogP contribution < -0.4 is 0 Å². The molecule has 20 heavy (non-hydrogen) atoms. The predicted molar refractivity (Wildman–Crippen MR) is 75.4 cm³/mol. The van der Waals surface area contributed by atoms with Crippen molar-refractivity contribution in [2.24, 2.45) is 5.92 Å². The molecular formula is C14H27NO5. The molecule has 0 aliphatic carbocycles. The van der Waals surface area contributed by atoms with Crippen LogP contribution in [-0.2, 0) is 14.3 Å². The number of carbonyl (C=O) groups is 2. The van der Waals surface area contributed by atoms with Crippen molar-refractivity contribution >= 4 is 11.9 Å². The summed E-state index contributed by atoms with van der Waals surface area (Å²) in [6.07, 6.45) is 0.674. The maximum absolute atomic E-state index is 11.8. The number of carboxylic acids is 1. The van der Waals surface area contributed by atoms with Gasteiger partial charge in [0.15, 0.2) is 0 Å². The molecule has 0 aromatic carbocycles. The van der Waals surface area contributed by atoms with E-state index in [1.165, 1.54) is 4.90 Å². The smallest absolute Gasteiger partial charge is 0.321 e. The van der Waals surface area contributed by atoms with Gasteiger partial charge in [-0.15, -0.1) is 0 Å². The Balaban J connectivity index is 4.92. The molecule has 0 amide bonds. The van der Waals surface area contributed by atoms with Gasteiger partial charge in [-0.25, -0.2) is 0 Å². The van der Waals surface area contributed by atoms with Crippen molar-refractivity contribution in [3.8, 4) is 0 Å². The van der Waals surface area contributed by atoms with E-state index in [2.05, 4.69) is 0 Å². The molecule has 0 fully saturated rings. The minimum Gasteiger partial charge on any atom is -0.480 e. The van der Waals surface area contributed by atoms with Crippen molar-refractivity contribution in [1.82, 2.24) is 4.90 Å². The lowest BCUT2D eigenvalue weighted by Crippen LogP contribution is -2.49. The number of aliphatic carboxylic acids is 1. The van der Waals surface area contributed by atoms with Crippen molar-refractivity contribution in [3.63, 3.8) is 0 Å². The number of aliphatic hydroxyl groups is 1. The standard InChI is InChI=1S/C14H27NO5/c1-6-10(2)12(13(18)19)15(7-8-16)9-11(17)20-14(3,4)5/h10,12,16H,6-9H2,1-5H3,(H,18,19)/t10-,12-/m0/s1. The number of aliphatic hydroxyl groups excluding tert-OH is 1. The van der Waals surface area contributed by atoms with Crippen molar-refractivity contribution in [2.75, 3.05) is 19.7 Å². The van der Waals surface area contributed by atoms with E-state index in [9.17, 15) is 14.7 Å². The lowest BCUT2D eigenvalue weighted by Gasteiger charge is -2.32. The monoisotopic (exact) mass is 289 g/mol. The average molecular weight is 289 g/mol. The number of esters is 1. The van der Waals surface area contributed by atoms with Crippen LogP contribution in [0.2, 0.25) is 0 Å². The van der Waals surface area contributed by atoms with Gasteiger partial charge in [0.25, 0.3) is 0 Å². The summed E-state index contributed by atoms with van der Waals surface area (Å²) in [4.78, 5) is 24.7. The zero-order valence-electron chi connectivity index (χ0n) is 13.0. The van der Waals surface area contributed by atoms with Gasteiger partial charge in [-0.1, -0.05) is 20.3 Å². The van der Waals surface area contributed by atoms with Crippen LogP contribution in [0.15, 0.2) is 0 Å². The third-order valence-corrected chi connectivity index (χ3v) is 2.97. The van der Waals surface area contributed by atoms with Crippen LogP contribution in [0, 0.1) is 5.92 Å². The highest BCUT2D eigenvalue weighted by molar-refractivity contribution is 5.76. The fraction of sp³-hybridized carbons (Fsp3) is 0.857. The molecule has 0 heterocycles. The van der Waals surface area contributed by atoms with Crippen molar-refractivity contribution < 1.29 is 24.5 Å². The Morgan fingerprint density at radius 2 is 1.85 bits per heavy atom. The number of carboxylic acid groups (broad SMARTS) is 1. The van der Waals surface area contributed by atoms with E-state index in [-0.39, 0.29) is 25.6 Å². The first-order valence-electron chi connectivity index (χ1n) is 6.92. The van der Waals surface area contributed by atoms with Crippen LogP contribution >= 0.6 is 0 Å². The van der Waals surface area contributed by atoms with Gasteiger partial charge in [-0.2, -0.15) is 0 Å². The van der Waals surface area contributed by atoms with Gasteiger partial charge in [0, 0.05) is 6.54 Å². The van der Waals surface area contributed by atoms with Crippen molar-refractivity contribution in [1.29, 1.82) is 0 Å². The number of hydrogen-bond acceptors (Lipinski definition) is 5. The lowest BCUT2D eigenvalue weighted by molar-refractivity contribution is -0.159. The molecule has 2 atom stereocenters. The van der Waals surface area contributed by atoms with E-state index in [0.29, 0.717) is 6.42 Å². The Kier molecular flexibility index (Phi) is 7.75. The second-order valence-corrected chi connectivity index (χ2v) is 5.95. The van der Waals surface area contributed by atoms with E-state index >= 15 is 0 Å². The van der Waals surface area contributed by atoms with Crippen LogP contribution in [0.25, 0.3) is 0 Å². The molecule has 0 aromatic heterocycles. The molecule has 6 nitrogen and oxygen atoms in total. The summed E-state index contributed by atoms with van der Waals surface area (Å²) in [5.41, 5.74) is -0.614. The second-order valence-electron chi connectivity index (χ2n) is 5.95. The summed E-state index contributed by atoms with van der Waals surface area (Å²) in [5.74, 6) is -1.60. The zero-order chi connectivity index (χ0) is 15.9. The molecule has 0 radical (unpaired) electrons. The quantitative estimate of drug-likeness (QED) is 0.651. The van der Waals surface area contributed by atoms with E-state index in [1.807, 2.05) is 13.8 Å². The fourth-order valence-corrected chi connectivity index (χ4v) is 1.97. The Bertz CT molecular complexity index is 324. The molecule has 0 bridgehead atoms. The first kappa shape index (κ1) is 18.9. The summed E-state index contributed by atoms with van der Waals surface area (Å²) in [6, 6.07) is -0.806. The number of ether oxygens (including phenoxy) is 1. The molecule has 0 rings (SSSR count). The van der Waals surface area contributed by atoms with Gasteiger partial charge in [-0.3, -0.25) is 14.5 Å². The Labute approximate surface area is 120 Å². The summed E-state index contributed by atoms with van der Waals surface area (Å²) in [6.45, 7) is 8.76. The minimum atomic E-state index is -0.989. The highest BCUT2D eigenvalue weighted by Crippen LogP contribution is 2.16. The molecule has 0 unspecified atom stereocenters. The molecule has 0 aromatic rings. The lowest BCUT2D eigenvalue weighted by atomic mass is 9.97. The number of hydrogen-bond donors (Lipinski definition) is 2. The first-order valence-corrected chi connectivity index (χ1v) is 6.92. The Hall–Kier alpha value is -1.14.